The van der Waals surface area contributed by atoms with Gasteiger partial charge in [-0.3, -0.25) is 14.7 Å². The van der Waals surface area contributed by atoms with Gasteiger partial charge in [0, 0.05) is 46.2 Å². The zero-order valence-corrected chi connectivity index (χ0v) is 20.9. The van der Waals surface area contributed by atoms with Crippen LogP contribution in [0.15, 0.2) is 29.3 Å². The summed E-state index contributed by atoms with van der Waals surface area (Å²) < 4.78 is 10.9. The zero-order chi connectivity index (χ0) is 21.3. The fourth-order valence-electron chi connectivity index (χ4n) is 4.40. The van der Waals surface area contributed by atoms with Crippen LogP contribution in [-0.4, -0.2) is 81.8 Å². The third-order valence-electron chi connectivity index (χ3n) is 5.96. The standard InChI is InChI=1S/C22H35N5O3.HI/c1-24-22(27-9-3-4-17(16-27)14-21(23)28)25-15-20(26-10-12-30-13-11-26)18-5-7-19(29-2)8-6-18;/h5-8,17,20H,3-4,9-16H2,1-2H3,(H2,23,28)(H,24,25);1H. The van der Waals surface area contributed by atoms with Crippen molar-refractivity contribution in [1.29, 1.82) is 0 Å². The molecule has 174 valence electrons. The molecule has 8 nitrogen and oxygen atoms in total. The number of piperidine rings is 1. The minimum atomic E-state index is -0.225. The molecule has 0 aliphatic carbocycles. The minimum Gasteiger partial charge on any atom is -0.497 e. The number of amides is 1. The Balaban J connectivity index is 0.00000341. The molecule has 31 heavy (non-hydrogen) atoms. The van der Waals surface area contributed by atoms with Gasteiger partial charge < -0.3 is 25.4 Å². The maximum atomic E-state index is 11.3. The number of nitrogens with two attached hydrogens (primary N) is 1. The number of halogens is 1. The van der Waals surface area contributed by atoms with Gasteiger partial charge >= 0.3 is 0 Å². The first-order valence-corrected chi connectivity index (χ1v) is 10.8. The van der Waals surface area contributed by atoms with E-state index in [9.17, 15) is 4.79 Å². The minimum absolute atomic E-state index is 0. The predicted octanol–water partition coefficient (Wildman–Crippen LogP) is 1.85. The SMILES string of the molecule is CN=C(NCC(c1ccc(OC)cc1)N1CCOCC1)N1CCCC(CC(N)=O)C1.I. The summed E-state index contributed by atoms with van der Waals surface area (Å²) in [5.41, 5.74) is 6.66. The number of hydrogen-bond donors (Lipinski definition) is 2. The van der Waals surface area contributed by atoms with Crippen molar-refractivity contribution in [2.24, 2.45) is 16.6 Å². The van der Waals surface area contributed by atoms with Crippen LogP contribution in [0.1, 0.15) is 30.9 Å². The maximum absolute atomic E-state index is 11.3. The summed E-state index contributed by atoms with van der Waals surface area (Å²) in [5.74, 6) is 1.82. The predicted molar refractivity (Wildman–Crippen MR) is 133 cm³/mol. The Kier molecular flexibility index (Phi) is 10.8. The van der Waals surface area contributed by atoms with Crippen LogP contribution in [0.5, 0.6) is 5.75 Å². The van der Waals surface area contributed by atoms with Crippen LogP contribution < -0.4 is 15.8 Å². The normalized spacial score (nSPS) is 21.2. The van der Waals surface area contributed by atoms with Gasteiger partial charge in [0.05, 0.1) is 26.4 Å². The van der Waals surface area contributed by atoms with Gasteiger partial charge in [0.1, 0.15) is 5.75 Å². The third kappa shape index (κ3) is 7.50. The molecule has 2 aliphatic heterocycles. The first-order valence-electron chi connectivity index (χ1n) is 10.8. The van der Waals surface area contributed by atoms with E-state index in [4.69, 9.17) is 15.2 Å². The third-order valence-corrected chi connectivity index (χ3v) is 5.96. The number of ether oxygens (including phenoxy) is 2. The van der Waals surface area contributed by atoms with E-state index in [2.05, 4.69) is 32.2 Å². The number of hydrogen-bond acceptors (Lipinski definition) is 5. The molecule has 0 radical (unpaired) electrons. The summed E-state index contributed by atoms with van der Waals surface area (Å²) >= 11 is 0. The van der Waals surface area contributed by atoms with E-state index in [0.29, 0.717) is 12.3 Å². The fourth-order valence-corrected chi connectivity index (χ4v) is 4.40. The largest absolute Gasteiger partial charge is 0.497 e. The van der Waals surface area contributed by atoms with Crippen molar-refractivity contribution in [3.8, 4) is 5.75 Å². The van der Waals surface area contributed by atoms with Gasteiger partial charge in [0.25, 0.3) is 0 Å². The van der Waals surface area contributed by atoms with Gasteiger partial charge in [-0.2, -0.15) is 0 Å². The quantitative estimate of drug-likeness (QED) is 0.309. The first kappa shape index (κ1) is 25.7. The first-order chi connectivity index (χ1) is 14.6. The molecule has 2 atom stereocenters. The van der Waals surface area contributed by atoms with Gasteiger partial charge in [-0.05, 0) is 36.5 Å². The zero-order valence-electron chi connectivity index (χ0n) is 18.6. The molecule has 2 aliphatic rings. The number of rotatable bonds is 7. The summed E-state index contributed by atoms with van der Waals surface area (Å²) in [7, 11) is 3.50. The molecule has 1 aromatic rings. The van der Waals surface area contributed by atoms with Crippen molar-refractivity contribution >= 4 is 35.8 Å². The summed E-state index contributed by atoms with van der Waals surface area (Å²) in [6.07, 6.45) is 2.53. The van der Waals surface area contributed by atoms with E-state index in [1.807, 2.05) is 19.2 Å². The summed E-state index contributed by atoms with van der Waals surface area (Å²) in [6, 6.07) is 8.50. The van der Waals surface area contributed by atoms with Crippen molar-refractivity contribution in [2.75, 3.05) is 60.1 Å². The number of aliphatic imine (C=N–C) groups is 1. The Hall–Kier alpha value is -1.59. The number of primary amides is 1. The lowest BCUT2D eigenvalue weighted by Gasteiger charge is -2.38. The van der Waals surface area contributed by atoms with Crippen LogP contribution in [0.4, 0.5) is 0 Å². The smallest absolute Gasteiger partial charge is 0.217 e. The monoisotopic (exact) mass is 545 g/mol. The molecule has 0 bridgehead atoms. The van der Waals surface area contributed by atoms with Gasteiger partial charge in [0.15, 0.2) is 5.96 Å². The molecule has 2 heterocycles. The van der Waals surface area contributed by atoms with Crippen molar-refractivity contribution < 1.29 is 14.3 Å². The van der Waals surface area contributed by atoms with Gasteiger partial charge in [0.2, 0.25) is 5.91 Å². The number of guanidine groups is 1. The number of benzene rings is 1. The van der Waals surface area contributed by atoms with Gasteiger partial charge in [-0.25, -0.2) is 0 Å². The molecule has 1 aromatic carbocycles. The molecule has 2 unspecified atom stereocenters. The Bertz CT molecular complexity index is 710. The van der Waals surface area contributed by atoms with Gasteiger partial charge in [-0.1, -0.05) is 12.1 Å². The van der Waals surface area contributed by atoms with E-state index in [1.165, 1.54) is 5.56 Å². The van der Waals surface area contributed by atoms with Crippen LogP contribution in [0.2, 0.25) is 0 Å². The number of carbonyl (C=O) groups is 1. The average molecular weight is 545 g/mol. The molecular weight excluding hydrogens is 509 g/mol. The second kappa shape index (κ2) is 13.1. The molecule has 0 spiro atoms. The maximum Gasteiger partial charge on any atom is 0.217 e. The lowest BCUT2D eigenvalue weighted by Crippen LogP contribution is -2.50. The number of likely N-dealkylation sites (tertiary alicyclic amines) is 1. The van der Waals surface area contributed by atoms with E-state index in [0.717, 1.165) is 70.5 Å². The summed E-state index contributed by atoms with van der Waals surface area (Å²) in [6.45, 7) is 5.82. The Morgan fingerprint density at radius 3 is 2.61 bits per heavy atom. The van der Waals surface area contributed by atoms with Crippen molar-refractivity contribution in [1.82, 2.24) is 15.1 Å². The van der Waals surface area contributed by atoms with Crippen LogP contribution in [0, 0.1) is 5.92 Å². The fraction of sp³-hybridized carbons (Fsp3) is 0.636. The lowest BCUT2D eigenvalue weighted by molar-refractivity contribution is -0.119. The van der Waals surface area contributed by atoms with Crippen LogP contribution in [-0.2, 0) is 9.53 Å². The molecule has 1 amide bonds. The Morgan fingerprint density at radius 1 is 1.29 bits per heavy atom. The molecule has 2 fully saturated rings. The highest BCUT2D eigenvalue weighted by Crippen LogP contribution is 2.24. The van der Waals surface area contributed by atoms with Crippen molar-refractivity contribution in [3.63, 3.8) is 0 Å². The Labute approximate surface area is 202 Å². The highest BCUT2D eigenvalue weighted by atomic mass is 127. The molecule has 2 saturated heterocycles. The van der Waals surface area contributed by atoms with E-state index < -0.39 is 0 Å². The van der Waals surface area contributed by atoms with Crippen molar-refractivity contribution in [3.05, 3.63) is 29.8 Å². The highest BCUT2D eigenvalue weighted by molar-refractivity contribution is 14.0. The molecule has 3 N–H and O–H groups in total. The molecule has 0 saturated carbocycles. The number of morpholine rings is 1. The second-order valence-electron chi connectivity index (χ2n) is 7.99. The molecule has 9 heteroatoms. The summed E-state index contributed by atoms with van der Waals surface area (Å²) in [5, 5.41) is 3.58. The van der Waals surface area contributed by atoms with Gasteiger partial charge in [-0.15, -0.1) is 24.0 Å². The van der Waals surface area contributed by atoms with E-state index >= 15 is 0 Å². The number of nitrogens with one attached hydrogen (secondary N) is 1. The molecule has 0 aromatic heterocycles. The number of carbonyl (C=O) groups excluding carboxylic acids is 1. The lowest BCUT2D eigenvalue weighted by atomic mass is 9.95. The molecule has 3 rings (SSSR count). The van der Waals surface area contributed by atoms with Crippen LogP contribution >= 0.6 is 24.0 Å². The van der Waals surface area contributed by atoms with Crippen molar-refractivity contribution in [2.45, 2.75) is 25.3 Å². The van der Waals surface area contributed by atoms with Crippen LogP contribution in [0.3, 0.4) is 0 Å². The van der Waals surface area contributed by atoms with E-state index in [1.54, 1.807) is 7.11 Å². The average Bonchev–Trinajstić information content (AvgIpc) is 2.77. The number of nitrogens with zero attached hydrogens (tertiary/aromatic N) is 3. The summed E-state index contributed by atoms with van der Waals surface area (Å²) in [4.78, 5) is 20.6. The number of methoxy groups -OCH3 is 1. The Morgan fingerprint density at radius 2 is 2.00 bits per heavy atom. The topological polar surface area (TPSA) is 92.4 Å². The second-order valence-corrected chi connectivity index (χ2v) is 7.99. The van der Waals surface area contributed by atoms with E-state index in [-0.39, 0.29) is 35.9 Å². The van der Waals surface area contributed by atoms with Crippen LogP contribution in [0.25, 0.3) is 0 Å². The highest BCUT2D eigenvalue weighted by Gasteiger charge is 2.26. The molecular formula is C22H36IN5O3.